The van der Waals surface area contributed by atoms with Crippen LogP contribution in [-0.4, -0.2) is 36.9 Å². The summed E-state index contributed by atoms with van der Waals surface area (Å²) in [6.45, 7) is 6.30. The lowest BCUT2D eigenvalue weighted by atomic mass is 9.93. The first kappa shape index (κ1) is 20.5. The first-order chi connectivity index (χ1) is 13.1. The van der Waals surface area contributed by atoms with Gasteiger partial charge in [0.25, 0.3) is 0 Å². The van der Waals surface area contributed by atoms with Gasteiger partial charge in [-0.3, -0.25) is 4.79 Å². The van der Waals surface area contributed by atoms with E-state index in [0.717, 1.165) is 12.1 Å². The van der Waals surface area contributed by atoms with Crippen LogP contribution in [0.1, 0.15) is 39.4 Å². The Morgan fingerprint density at radius 2 is 1.96 bits per heavy atom. The summed E-state index contributed by atoms with van der Waals surface area (Å²) in [5.74, 6) is -0.344. The van der Waals surface area contributed by atoms with Gasteiger partial charge in [0, 0.05) is 24.6 Å². The van der Waals surface area contributed by atoms with Crippen molar-refractivity contribution in [3.8, 4) is 0 Å². The Labute approximate surface area is 163 Å². The van der Waals surface area contributed by atoms with Crippen molar-refractivity contribution in [2.75, 3.05) is 18.4 Å². The number of nitrogens with zero attached hydrogens (tertiary/aromatic N) is 2. The Morgan fingerprint density at radius 1 is 1.29 bits per heavy atom. The third-order valence-electron chi connectivity index (χ3n) is 4.71. The van der Waals surface area contributed by atoms with Crippen LogP contribution in [0.2, 0.25) is 0 Å². The summed E-state index contributed by atoms with van der Waals surface area (Å²) in [6.07, 6.45) is 1.13. The van der Waals surface area contributed by atoms with E-state index < -0.39 is 21.8 Å². The molecule has 1 N–H and O–H groups in total. The molecular weight excluding hydrogens is 385 g/mol. The lowest BCUT2D eigenvalue weighted by molar-refractivity contribution is -0.120. The largest absolute Gasteiger partial charge is 0.359 e. The van der Waals surface area contributed by atoms with Crippen LogP contribution in [0, 0.1) is 11.7 Å². The lowest BCUT2D eigenvalue weighted by Gasteiger charge is -2.31. The Kier molecular flexibility index (Phi) is 5.58. The number of hydrogen-bond donors (Lipinski definition) is 1. The fraction of sp³-hybridized carbons (Fsp3) is 0.474. The summed E-state index contributed by atoms with van der Waals surface area (Å²) in [7, 11) is -3.78. The smallest absolute Gasteiger partial charge is 0.243 e. The number of nitrogens with one attached hydrogen (secondary N) is 1. The molecule has 3 rings (SSSR count). The van der Waals surface area contributed by atoms with Crippen molar-refractivity contribution in [2.45, 2.75) is 43.9 Å². The molecule has 0 saturated carbocycles. The minimum atomic E-state index is -3.78. The zero-order valence-corrected chi connectivity index (χ0v) is 16.9. The summed E-state index contributed by atoms with van der Waals surface area (Å²) in [6, 6.07) is 6.36. The minimum absolute atomic E-state index is 0.0151. The van der Waals surface area contributed by atoms with Crippen LogP contribution in [0.5, 0.6) is 0 Å². The SMILES string of the molecule is CC(C)(C)c1cc(NC(=O)C2CCCN(S(=O)(=O)c3ccc(F)cc3)C2)no1. The molecule has 1 aliphatic rings. The minimum Gasteiger partial charge on any atom is -0.359 e. The fourth-order valence-corrected chi connectivity index (χ4v) is 4.57. The van der Waals surface area contributed by atoms with E-state index in [1.165, 1.54) is 16.4 Å². The number of anilines is 1. The molecule has 1 amide bonds. The molecular formula is C19H24FN3O4S. The molecule has 7 nitrogen and oxygen atoms in total. The Hall–Kier alpha value is -2.26. The van der Waals surface area contributed by atoms with E-state index in [1.54, 1.807) is 6.07 Å². The number of halogens is 1. The fourth-order valence-electron chi connectivity index (χ4n) is 3.05. The van der Waals surface area contributed by atoms with Crippen molar-refractivity contribution in [3.05, 3.63) is 41.9 Å². The molecule has 152 valence electrons. The molecule has 1 aliphatic heterocycles. The number of carbonyl (C=O) groups is 1. The average Bonchev–Trinajstić information content (AvgIpc) is 3.11. The van der Waals surface area contributed by atoms with Gasteiger partial charge in [-0.25, -0.2) is 12.8 Å². The zero-order valence-electron chi connectivity index (χ0n) is 16.1. The molecule has 1 unspecified atom stereocenters. The topological polar surface area (TPSA) is 92.5 Å². The van der Waals surface area contributed by atoms with Gasteiger partial charge in [-0.05, 0) is 37.1 Å². The maximum Gasteiger partial charge on any atom is 0.243 e. The predicted octanol–water partition coefficient (Wildman–Crippen LogP) is 3.15. The van der Waals surface area contributed by atoms with E-state index in [1.807, 2.05) is 20.8 Å². The summed E-state index contributed by atoms with van der Waals surface area (Å²) in [5.41, 5.74) is -0.235. The zero-order chi connectivity index (χ0) is 20.5. The van der Waals surface area contributed by atoms with Crippen LogP contribution in [0.4, 0.5) is 10.2 Å². The van der Waals surface area contributed by atoms with Crippen LogP contribution >= 0.6 is 0 Å². The van der Waals surface area contributed by atoms with Crippen LogP contribution in [0.3, 0.4) is 0 Å². The van der Waals surface area contributed by atoms with E-state index >= 15 is 0 Å². The lowest BCUT2D eigenvalue weighted by Crippen LogP contribution is -2.43. The number of benzene rings is 1. The number of amides is 1. The number of aromatic nitrogens is 1. The van der Waals surface area contributed by atoms with Gasteiger partial charge in [0.05, 0.1) is 10.8 Å². The van der Waals surface area contributed by atoms with Crippen molar-refractivity contribution in [3.63, 3.8) is 0 Å². The van der Waals surface area contributed by atoms with Gasteiger partial charge in [0.2, 0.25) is 15.9 Å². The van der Waals surface area contributed by atoms with Gasteiger partial charge in [-0.15, -0.1) is 0 Å². The first-order valence-corrected chi connectivity index (χ1v) is 10.5. The molecule has 9 heteroatoms. The molecule has 1 aromatic heterocycles. The Balaban J connectivity index is 1.69. The Morgan fingerprint density at radius 3 is 2.57 bits per heavy atom. The maximum absolute atomic E-state index is 13.1. The van der Waals surface area contributed by atoms with Crippen molar-refractivity contribution in [2.24, 2.45) is 5.92 Å². The van der Waals surface area contributed by atoms with Crippen molar-refractivity contribution in [1.82, 2.24) is 9.46 Å². The molecule has 1 fully saturated rings. The van der Waals surface area contributed by atoms with Gasteiger partial charge in [-0.1, -0.05) is 25.9 Å². The van der Waals surface area contributed by atoms with E-state index in [0.29, 0.717) is 31.0 Å². The van der Waals surface area contributed by atoms with Crippen molar-refractivity contribution in [1.29, 1.82) is 0 Å². The van der Waals surface area contributed by atoms with Crippen molar-refractivity contribution < 1.29 is 22.1 Å². The third kappa shape index (κ3) is 4.41. The van der Waals surface area contributed by atoms with Gasteiger partial charge in [0.15, 0.2) is 5.82 Å². The summed E-state index contributed by atoms with van der Waals surface area (Å²) in [4.78, 5) is 12.6. The average molecular weight is 409 g/mol. The second-order valence-electron chi connectivity index (χ2n) is 7.97. The molecule has 1 aromatic carbocycles. The number of hydrogen-bond acceptors (Lipinski definition) is 5. The number of rotatable bonds is 4. The first-order valence-electron chi connectivity index (χ1n) is 9.11. The van der Waals surface area contributed by atoms with Gasteiger partial charge in [-0.2, -0.15) is 4.31 Å². The van der Waals surface area contributed by atoms with Crippen LogP contribution in [0.15, 0.2) is 39.8 Å². The highest BCUT2D eigenvalue weighted by Crippen LogP contribution is 2.27. The monoisotopic (exact) mass is 409 g/mol. The number of carbonyl (C=O) groups excluding carboxylic acids is 1. The molecule has 1 atom stereocenters. The summed E-state index contributed by atoms with van der Waals surface area (Å²) < 4.78 is 45.2. The molecule has 0 aliphatic carbocycles. The second-order valence-corrected chi connectivity index (χ2v) is 9.91. The predicted molar refractivity (Wildman–Crippen MR) is 102 cm³/mol. The molecule has 0 bridgehead atoms. The van der Waals surface area contributed by atoms with Gasteiger partial charge < -0.3 is 9.84 Å². The number of piperidine rings is 1. The molecule has 0 radical (unpaired) electrons. The normalized spacial score (nSPS) is 18.8. The van der Waals surface area contributed by atoms with E-state index in [2.05, 4.69) is 10.5 Å². The molecule has 28 heavy (non-hydrogen) atoms. The number of sulfonamides is 1. The highest BCUT2D eigenvalue weighted by molar-refractivity contribution is 7.89. The third-order valence-corrected chi connectivity index (χ3v) is 6.59. The highest BCUT2D eigenvalue weighted by Gasteiger charge is 2.33. The van der Waals surface area contributed by atoms with Gasteiger partial charge in [0.1, 0.15) is 11.6 Å². The standard InChI is InChI=1S/C19H24FN3O4S/c1-19(2,3)16-11-17(22-27-16)21-18(24)13-5-4-10-23(12-13)28(25,26)15-8-6-14(20)7-9-15/h6-9,11,13H,4-5,10,12H2,1-3H3,(H,21,22,24). The summed E-state index contributed by atoms with van der Waals surface area (Å²) >= 11 is 0. The van der Waals surface area contributed by atoms with Gasteiger partial charge >= 0.3 is 0 Å². The van der Waals surface area contributed by atoms with E-state index in [9.17, 15) is 17.6 Å². The highest BCUT2D eigenvalue weighted by atomic mass is 32.2. The maximum atomic E-state index is 13.1. The van der Waals surface area contributed by atoms with E-state index in [4.69, 9.17) is 4.52 Å². The van der Waals surface area contributed by atoms with Crippen LogP contribution in [-0.2, 0) is 20.2 Å². The van der Waals surface area contributed by atoms with Crippen molar-refractivity contribution >= 4 is 21.7 Å². The Bertz CT molecular complexity index is 948. The molecule has 2 aromatic rings. The van der Waals surface area contributed by atoms with Crippen LogP contribution in [0.25, 0.3) is 0 Å². The molecule has 1 saturated heterocycles. The molecule has 0 spiro atoms. The second kappa shape index (κ2) is 7.63. The molecule has 2 heterocycles. The quantitative estimate of drug-likeness (QED) is 0.837. The van der Waals surface area contributed by atoms with E-state index in [-0.39, 0.29) is 22.8 Å². The van der Waals surface area contributed by atoms with Crippen LogP contribution < -0.4 is 5.32 Å². The summed E-state index contributed by atoms with van der Waals surface area (Å²) in [5, 5.41) is 6.58.